The number of hydrogen-bond acceptors (Lipinski definition) is 3. The van der Waals surface area contributed by atoms with E-state index in [1.54, 1.807) is 0 Å². The molecule has 0 spiro atoms. The molecule has 0 radical (unpaired) electrons. The van der Waals surface area contributed by atoms with Crippen molar-refractivity contribution >= 4 is 10.0 Å². The van der Waals surface area contributed by atoms with Crippen LogP contribution in [0.3, 0.4) is 0 Å². The molecule has 2 unspecified atom stereocenters. The van der Waals surface area contributed by atoms with Gasteiger partial charge in [0.2, 0.25) is 10.0 Å². The van der Waals surface area contributed by atoms with Gasteiger partial charge in [-0.15, -0.1) is 0 Å². The summed E-state index contributed by atoms with van der Waals surface area (Å²) in [4.78, 5) is 0. The summed E-state index contributed by atoms with van der Waals surface area (Å²) >= 11 is 0. The van der Waals surface area contributed by atoms with Crippen LogP contribution in [0.4, 0.5) is 13.2 Å². The van der Waals surface area contributed by atoms with E-state index in [2.05, 4.69) is 4.72 Å². The Kier molecular flexibility index (Phi) is 5.42. The second-order valence-electron chi connectivity index (χ2n) is 4.43. The number of alkyl halides is 3. The molecule has 1 aliphatic rings. The summed E-state index contributed by atoms with van der Waals surface area (Å²) in [6, 6.07) is -0.318. The minimum absolute atomic E-state index is 0.0302. The maximum atomic E-state index is 12.0. The first kappa shape index (κ1) is 15.7. The smallest absolute Gasteiger partial charge is 0.369 e. The lowest BCUT2D eigenvalue weighted by Crippen LogP contribution is -2.41. The number of halogens is 3. The van der Waals surface area contributed by atoms with Crippen molar-refractivity contribution in [1.29, 1.82) is 0 Å². The van der Waals surface area contributed by atoms with E-state index in [0.29, 0.717) is 25.7 Å². The summed E-state index contributed by atoms with van der Waals surface area (Å²) in [6.07, 6.45) is -2.71. The minimum atomic E-state index is -4.34. The molecule has 0 aliphatic heterocycles. The monoisotopic (exact) mass is 289 g/mol. The van der Waals surface area contributed by atoms with Gasteiger partial charge in [0.1, 0.15) is 6.61 Å². The van der Waals surface area contributed by atoms with Gasteiger partial charge in [-0.05, 0) is 32.6 Å². The van der Waals surface area contributed by atoms with Crippen molar-refractivity contribution < 1.29 is 26.3 Å². The third-order valence-electron chi connectivity index (χ3n) is 2.84. The maximum absolute atomic E-state index is 12.0. The number of ether oxygens (including phenoxy) is 1. The fraction of sp³-hybridized carbons (Fsp3) is 1.00. The standard InChI is InChI=1S/C10H18F3NO3S/c1-2-18(15,16)14-8-4-3-5-9(6-8)17-7-10(11,12)13/h8-9,14H,2-7H2,1H3. The van der Waals surface area contributed by atoms with Crippen molar-refractivity contribution in [2.75, 3.05) is 12.4 Å². The number of rotatable bonds is 5. The SMILES string of the molecule is CCS(=O)(=O)NC1CCCC(OCC(F)(F)F)C1. The molecule has 1 N–H and O–H groups in total. The quantitative estimate of drug-likeness (QED) is 0.840. The Hall–Kier alpha value is -0.340. The highest BCUT2D eigenvalue weighted by Gasteiger charge is 2.31. The topological polar surface area (TPSA) is 55.4 Å². The fourth-order valence-corrected chi connectivity index (χ4v) is 2.84. The van der Waals surface area contributed by atoms with Crippen molar-refractivity contribution in [3.05, 3.63) is 0 Å². The van der Waals surface area contributed by atoms with Crippen LogP contribution in [0.25, 0.3) is 0 Å². The van der Waals surface area contributed by atoms with Crippen LogP contribution in [0.15, 0.2) is 0 Å². The highest BCUT2D eigenvalue weighted by molar-refractivity contribution is 7.89. The van der Waals surface area contributed by atoms with Crippen LogP contribution in [0.5, 0.6) is 0 Å². The van der Waals surface area contributed by atoms with Gasteiger partial charge in [-0.25, -0.2) is 13.1 Å². The van der Waals surface area contributed by atoms with Crippen molar-refractivity contribution in [3.63, 3.8) is 0 Å². The van der Waals surface area contributed by atoms with E-state index in [1.165, 1.54) is 6.92 Å². The lowest BCUT2D eigenvalue weighted by atomic mass is 9.93. The Bertz CT molecular complexity index is 356. The second kappa shape index (κ2) is 6.21. The summed E-state index contributed by atoms with van der Waals surface area (Å²) in [7, 11) is -3.31. The normalized spacial score (nSPS) is 26.2. The van der Waals surface area contributed by atoms with Crippen LogP contribution < -0.4 is 4.72 Å². The number of nitrogens with one attached hydrogen (secondary N) is 1. The molecule has 0 heterocycles. The Morgan fingerprint density at radius 1 is 1.33 bits per heavy atom. The van der Waals surface area contributed by atoms with Gasteiger partial charge in [0, 0.05) is 6.04 Å². The zero-order valence-corrected chi connectivity index (χ0v) is 11.0. The molecule has 0 aromatic carbocycles. The van der Waals surface area contributed by atoms with Crippen LogP contribution in [-0.2, 0) is 14.8 Å². The summed E-state index contributed by atoms with van der Waals surface area (Å²) in [5.74, 6) is -0.0302. The highest BCUT2D eigenvalue weighted by atomic mass is 32.2. The Labute approximate surface area is 105 Å². The minimum Gasteiger partial charge on any atom is -0.369 e. The van der Waals surface area contributed by atoms with Gasteiger partial charge in [0.25, 0.3) is 0 Å². The van der Waals surface area contributed by atoms with Crippen molar-refractivity contribution in [2.45, 2.75) is 50.9 Å². The molecule has 0 saturated heterocycles. The van der Waals surface area contributed by atoms with E-state index in [-0.39, 0.29) is 11.8 Å². The molecule has 1 aliphatic carbocycles. The molecule has 1 saturated carbocycles. The highest BCUT2D eigenvalue weighted by Crippen LogP contribution is 2.24. The van der Waals surface area contributed by atoms with Gasteiger partial charge in [-0.1, -0.05) is 0 Å². The number of hydrogen-bond donors (Lipinski definition) is 1. The van der Waals surface area contributed by atoms with Gasteiger partial charge in [-0.3, -0.25) is 0 Å². The molecule has 0 amide bonds. The summed E-state index contributed by atoms with van der Waals surface area (Å²) in [5.41, 5.74) is 0. The third kappa shape index (κ3) is 6.01. The van der Waals surface area contributed by atoms with Crippen LogP contribution >= 0.6 is 0 Å². The van der Waals surface area contributed by atoms with E-state index in [4.69, 9.17) is 4.74 Å². The second-order valence-corrected chi connectivity index (χ2v) is 6.48. The lowest BCUT2D eigenvalue weighted by Gasteiger charge is -2.29. The first-order valence-corrected chi connectivity index (χ1v) is 7.55. The van der Waals surface area contributed by atoms with Crippen LogP contribution in [-0.4, -0.2) is 39.1 Å². The molecule has 1 fully saturated rings. The van der Waals surface area contributed by atoms with Crippen LogP contribution in [0.2, 0.25) is 0 Å². The van der Waals surface area contributed by atoms with Crippen molar-refractivity contribution in [1.82, 2.24) is 4.72 Å². The molecule has 8 heteroatoms. The Morgan fingerprint density at radius 3 is 2.56 bits per heavy atom. The third-order valence-corrected chi connectivity index (χ3v) is 4.29. The summed E-state index contributed by atoms with van der Waals surface area (Å²) in [5, 5.41) is 0. The largest absolute Gasteiger partial charge is 0.411 e. The molecule has 0 bridgehead atoms. The zero-order chi connectivity index (χ0) is 13.8. The van der Waals surface area contributed by atoms with E-state index < -0.39 is 28.9 Å². The predicted molar refractivity (Wildman–Crippen MR) is 60.6 cm³/mol. The first-order chi connectivity index (χ1) is 8.22. The van der Waals surface area contributed by atoms with Crippen molar-refractivity contribution in [3.8, 4) is 0 Å². The molecule has 108 valence electrons. The van der Waals surface area contributed by atoms with Gasteiger partial charge < -0.3 is 4.74 Å². The molecule has 0 aromatic rings. The average Bonchev–Trinajstić information content (AvgIpc) is 2.25. The first-order valence-electron chi connectivity index (χ1n) is 5.90. The summed E-state index contributed by atoms with van der Waals surface area (Å²) in [6.45, 7) is 0.244. The van der Waals surface area contributed by atoms with Crippen LogP contribution in [0.1, 0.15) is 32.6 Å². The molecular weight excluding hydrogens is 271 g/mol. The molecule has 4 nitrogen and oxygen atoms in total. The van der Waals surface area contributed by atoms with E-state index in [9.17, 15) is 21.6 Å². The van der Waals surface area contributed by atoms with E-state index >= 15 is 0 Å². The fourth-order valence-electron chi connectivity index (χ4n) is 1.95. The number of sulfonamides is 1. The molecule has 18 heavy (non-hydrogen) atoms. The van der Waals surface area contributed by atoms with Crippen LogP contribution in [0, 0.1) is 0 Å². The van der Waals surface area contributed by atoms with Gasteiger partial charge in [0.05, 0.1) is 11.9 Å². The van der Waals surface area contributed by atoms with Crippen molar-refractivity contribution in [2.24, 2.45) is 0 Å². The lowest BCUT2D eigenvalue weighted by molar-refractivity contribution is -0.188. The molecule has 1 rings (SSSR count). The zero-order valence-electron chi connectivity index (χ0n) is 10.2. The van der Waals surface area contributed by atoms with Gasteiger partial charge in [0.15, 0.2) is 0 Å². The predicted octanol–water partition coefficient (Wildman–Crippen LogP) is 1.82. The molecule has 2 atom stereocenters. The Balaban J connectivity index is 2.42. The maximum Gasteiger partial charge on any atom is 0.411 e. The molecule has 0 aromatic heterocycles. The molecular formula is C10H18F3NO3S. The van der Waals surface area contributed by atoms with Gasteiger partial charge >= 0.3 is 6.18 Å². The van der Waals surface area contributed by atoms with E-state index in [1.807, 2.05) is 0 Å². The average molecular weight is 289 g/mol. The summed E-state index contributed by atoms with van der Waals surface area (Å²) < 4.78 is 66.0. The Morgan fingerprint density at radius 2 is 2.00 bits per heavy atom. The van der Waals surface area contributed by atoms with E-state index in [0.717, 1.165) is 0 Å². The van der Waals surface area contributed by atoms with Gasteiger partial charge in [-0.2, -0.15) is 13.2 Å².